The maximum Gasteiger partial charge on any atom is 0.220 e. The molecule has 4 heteroatoms. The highest BCUT2D eigenvalue weighted by molar-refractivity contribution is 5.75. The van der Waals surface area contributed by atoms with E-state index in [4.69, 9.17) is 5.73 Å². The first-order chi connectivity index (χ1) is 9.63. The molecule has 1 aromatic rings. The number of aromatic nitrogens is 1. The minimum atomic E-state index is 0.128. The summed E-state index contributed by atoms with van der Waals surface area (Å²) < 4.78 is 0. The molecule has 4 nitrogen and oxygen atoms in total. The van der Waals surface area contributed by atoms with Gasteiger partial charge in [-0.15, -0.1) is 0 Å². The van der Waals surface area contributed by atoms with Gasteiger partial charge in [0.25, 0.3) is 0 Å². The molecule has 1 rings (SSSR count). The molecule has 1 heterocycles. The van der Waals surface area contributed by atoms with Gasteiger partial charge in [0, 0.05) is 31.3 Å². The Morgan fingerprint density at radius 3 is 2.75 bits per heavy atom. The number of rotatable bonds is 9. The van der Waals surface area contributed by atoms with Crippen molar-refractivity contribution >= 4 is 5.91 Å². The van der Waals surface area contributed by atoms with Gasteiger partial charge in [-0.3, -0.25) is 9.78 Å². The molecule has 0 aliphatic heterocycles. The van der Waals surface area contributed by atoms with Crippen molar-refractivity contribution in [2.24, 2.45) is 17.6 Å². The van der Waals surface area contributed by atoms with Gasteiger partial charge in [-0.1, -0.05) is 19.9 Å². The SMILES string of the molecule is CC(C)C(CCN)CCC(=O)NCCc1ccccn1. The average molecular weight is 277 g/mol. The molecule has 0 radical (unpaired) electrons. The first kappa shape index (κ1) is 16.6. The minimum absolute atomic E-state index is 0.128. The lowest BCUT2D eigenvalue weighted by atomic mass is 9.88. The number of carbonyl (C=O) groups excluding carboxylic acids is 1. The summed E-state index contributed by atoms with van der Waals surface area (Å²) in [5.41, 5.74) is 6.62. The highest BCUT2D eigenvalue weighted by Gasteiger charge is 2.14. The molecule has 112 valence electrons. The Bertz CT molecular complexity index is 379. The molecule has 0 aromatic carbocycles. The number of hydrogen-bond donors (Lipinski definition) is 2. The van der Waals surface area contributed by atoms with Gasteiger partial charge in [-0.2, -0.15) is 0 Å². The molecule has 0 aliphatic carbocycles. The van der Waals surface area contributed by atoms with Crippen LogP contribution in [-0.4, -0.2) is 24.0 Å². The van der Waals surface area contributed by atoms with Crippen LogP contribution in [0.2, 0.25) is 0 Å². The molecule has 1 unspecified atom stereocenters. The van der Waals surface area contributed by atoms with E-state index in [0.717, 1.165) is 25.0 Å². The Morgan fingerprint density at radius 2 is 2.15 bits per heavy atom. The third kappa shape index (κ3) is 6.66. The maximum atomic E-state index is 11.8. The fourth-order valence-corrected chi connectivity index (χ4v) is 2.31. The lowest BCUT2D eigenvalue weighted by Crippen LogP contribution is -2.27. The van der Waals surface area contributed by atoms with Gasteiger partial charge in [0.2, 0.25) is 5.91 Å². The summed E-state index contributed by atoms with van der Waals surface area (Å²) in [4.78, 5) is 16.0. The van der Waals surface area contributed by atoms with Crippen LogP contribution in [-0.2, 0) is 11.2 Å². The number of hydrogen-bond acceptors (Lipinski definition) is 3. The molecule has 0 bridgehead atoms. The number of carbonyl (C=O) groups is 1. The van der Waals surface area contributed by atoms with Crippen LogP contribution in [0, 0.1) is 11.8 Å². The van der Waals surface area contributed by atoms with Crippen LogP contribution in [0.25, 0.3) is 0 Å². The first-order valence-electron chi connectivity index (χ1n) is 7.50. The molecule has 0 saturated heterocycles. The number of pyridine rings is 1. The number of nitrogens with one attached hydrogen (secondary N) is 1. The minimum Gasteiger partial charge on any atom is -0.356 e. The molecule has 1 aromatic heterocycles. The first-order valence-corrected chi connectivity index (χ1v) is 7.50. The third-order valence-corrected chi connectivity index (χ3v) is 3.65. The van der Waals surface area contributed by atoms with Crippen LogP contribution in [0.1, 0.15) is 38.8 Å². The molecule has 3 N–H and O–H groups in total. The number of nitrogens with two attached hydrogens (primary N) is 1. The van der Waals surface area contributed by atoms with Crippen LogP contribution >= 0.6 is 0 Å². The normalized spacial score (nSPS) is 12.4. The van der Waals surface area contributed by atoms with Crippen molar-refractivity contribution in [1.29, 1.82) is 0 Å². The Kier molecular flexibility index (Phi) is 7.88. The zero-order valence-electron chi connectivity index (χ0n) is 12.6. The van der Waals surface area contributed by atoms with E-state index < -0.39 is 0 Å². The largest absolute Gasteiger partial charge is 0.356 e. The van der Waals surface area contributed by atoms with Crippen LogP contribution in [0.5, 0.6) is 0 Å². The van der Waals surface area contributed by atoms with Crippen molar-refractivity contribution in [1.82, 2.24) is 10.3 Å². The molecule has 0 saturated carbocycles. The van der Waals surface area contributed by atoms with E-state index in [9.17, 15) is 4.79 Å². The summed E-state index contributed by atoms with van der Waals surface area (Å²) in [5.74, 6) is 1.25. The summed E-state index contributed by atoms with van der Waals surface area (Å²) in [6.07, 6.45) is 5.06. The van der Waals surface area contributed by atoms with E-state index in [1.807, 2.05) is 18.2 Å². The van der Waals surface area contributed by atoms with Crippen LogP contribution < -0.4 is 11.1 Å². The fourth-order valence-electron chi connectivity index (χ4n) is 2.31. The zero-order chi connectivity index (χ0) is 14.8. The average Bonchev–Trinajstić information content (AvgIpc) is 2.44. The van der Waals surface area contributed by atoms with Gasteiger partial charge in [0.05, 0.1) is 0 Å². The van der Waals surface area contributed by atoms with Gasteiger partial charge < -0.3 is 11.1 Å². The number of amides is 1. The summed E-state index contributed by atoms with van der Waals surface area (Å²) in [6, 6.07) is 5.83. The third-order valence-electron chi connectivity index (χ3n) is 3.65. The second-order valence-electron chi connectivity index (χ2n) is 5.54. The van der Waals surface area contributed by atoms with Crippen molar-refractivity contribution < 1.29 is 4.79 Å². The van der Waals surface area contributed by atoms with Crippen molar-refractivity contribution in [2.45, 2.75) is 39.5 Å². The Morgan fingerprint density at radius 1 is 1.35 bits per heavy atom. The molecular weight excluding hydrogens is 250 g/mol. The molecular formula is C16H27N3O. The Balaban J connectivity index is 2.20. The molecule has 1 atom stereocenters. The van der Waals surface area contributed by atoms with Crippen LogP contribution in [0.15, 0.2) is 24.4 Å². The zero-order valence-corrected chi connectivity index (χ0v) is 12.6. The smallest absolute Gasteiger partial charge is 0.220 e. The van der Waals surface area contributed by atoms with Gasteiger partial charge >= 0.3 is 0 Å². The highest BCUT2D eigenvalue weighted by Crippen LogP contribution is 2.20. The summed E-state index contributed by atoms with van der Waals surface area (Å²) in [5, 5.41) is 2.96. The maximum absolute atomic E-state index is 11.8. The molecule has 0 spiro atoms. The molecule has 20 heavy (non-hydrogen) atoms. The van der Waals surface area contributed by atoms with Gasteiger partial charge in [-0.05, 0) is 43.4 Å². The van der Waals surface area contributed by atoms with Gasteiger partial charge in [0.15, 0.2) is 0 Å². The van der Waals surface area contributed by atoms with E-state index in [-0.39, 0.29) is 5.91 Å². The quantitative estimate of drug-likeness (QED) is 0.726. The van der Waals surface area contributed by atoms with Crippen molar-refractivity contribution in [2.75, 3.05) is 13.1 Å². The van der Waals surface area contributed by atoms with Crippen LogP contribution in [0.3, 0.4) is 0 Å². The second kappa shape index (κ2) is 9.48. The van der Waals surface area contributed by atoms with Crippen LogP contribution in [0.4, 0.5) is 0 Å². The summed E-state index contributed by atoms with van der Waals surface area (Å²) in [7, 11) is 0. The van der Waals surface area contributed by atoms with E-state index >= 15 is 0 Å². The van der Waals surface area contributed by atoms with E-state index in [1.54, 1.807) is 6.20 Å². The summed E-state index contributed by atoms with van der Waals surface area (Å²) in [6.45, 7) is 5.74. The topological polar surface area (TPSA) is 68.0 Å². The number of nitrogens with zero attached hydrogens (tertiary/aromatic N) is 1. The van der Waals surface area contributed by atoms with E-state index in [0.29, 0.717) is 31.3 Å². The monoisotopic (exact) mass is 277 g/mol. The van der Waals surface area contributed by atoms with Crippen molar-refractivity contribution in [3.05, 3.63) is 30.1 Å². The molecule has 0 aliphatic rings. The lowest BCUT2D eigenvalue weighted by molar-refractivity contribution is -0.121. The van der Waals surface area contributed by atoms with Crippen molar-refractivity contribution in [3.63, 3.8) is 0 Å². The van der Waals surface area contributed by atoms with Gasteiger partial charge in [0.1, 0.15) is 0 Å². The Labute approximate surface area is 122 Å². The predicted octanol–water partition coefficient (Wildman–Crippen LogP) is 2.14. The molecule has 1 amide bonds. The van der Waals surface area contributed by atoms with E-state index in [2.05, 4.69) is 24.1 Å². The molecule has 0 fully saturated rings. The predicted molar refractivity (Wildman–Crippen MR) is 82.2 cm³/mol. The van der Waals surface area contributed by atoms with Crippen molar-refractivity contribution in [3.8, 4) is 0 Å². The fraction of sp³-hybridized carbons (Fsp3) is 0.625. The summed E-state index contributed by atoms with van der Waals surface area (Å²) >= 11 is 0. The lowest BCUT2D eigenvalue weighted by Gasteiger charge is -2.19. The van der Waals surface area contributed by atoms with E-state index in [1.165, 1.54) is 0 Å². The highest BCUT2D eigenvalue weighted by atomic mass is 16.1. The van der Waals surface area contributed by atoms with Gasteiger partial charge in [-0.25, -0.2) is 0 Å². The second-order valence-corrected chi connectivity index (χ2v) is 5.54. The standard InChI is InChI=1S/C16H27N3O/c1-13(2)14(8-10-17)6-7-16(20)19-12-9-15-5-3-4-11-18-15/h3-5,11,13-14H,6-10,12,17H2,1-2H3,(H,19,20). The Hall–Kier alpha value is -1.42.